The number of aryl methyl sites for hydroxylation is 1. The fourth-order valence-corrected chi connectivity index (χ4v) is 3.95. The number of aromatic nitrogens is 1. The van der Waals surface area contributed by atoms with Crippen LogP contribution in [0.1, 0.15) is 32.1 Å². The molecule has 0 radical (unpaired) electrons. The molecule has 1 aromatic carbocycles. The molecule has 0 unspecified atom stereocenters. The van der Waals surface area contributed by atoms with Gasteiger partial charge in [0.2, 0.25) is 5.91 Å². The van der Waals surface area contributed by atoms with Crippen LogP contribution < -0.4 is 16.2 Å². The Kier molecular flexibility index (Phi) is 6.51. The van der Waals surface area contributed by atoms with E-state index < -0.39 is 11.8 Å². The van der Waals surface area contributed by atoms with Gasteiger partial charge in [-0.15, -0.1) is 11.3 Å². The highest BCUT2D eigenvalue weighted by Crippen LogP contribution is 2.27. The van der Waals surface area contributed by atoms with Crippen molar-refractivity contribution in [2.24, 2.45) is 0 Å². The number of nitrogens with zero attached hydrogens (tertiary/aromatic N) is 1. The highest BCUT2D eigenvalue weighted by molar-refractivity contribution is 7.17. The average Bonchev–Trinajstić information content (AvgIpc) is 3.37. The van der Waals surface area contributed by atoms with Crippen LogP contribution in [0.25, 0.3) is 10.6 Å². The minimum Gasteiger partial charge on any atom is -0.351 e. The van der Waals surface area contributed by atoms with Gasteiger partial charge in [0.05, 0.1) is 5.69 Å². The van der Waals surface area contributed by atoms with Crippen molar-refractivity contribution in [1.82, 2.24) is 21.2 Å². The van der Waals surface area contributed by atoms with Gasteiger partial charge in [0, 0.05) is 29.5 Å². The van der Waals surface area contributed by atoms with Crippen molar-refractivity contribution in [1.29, 1.82) is 0 Å². The molecule has 144 valence electrons. The molecule has 2 heterocycles. The molecule has 0 aliphatic rings. The average molecular weight is 415 g/mol. The van der Waals surface area contributed by atoms with Gasteiger partial charge >= 0.3 is 0 Å². The number of hydrogen-bond donors (Lipinski definition) is 3. The van der Waals surface area contributed by atoms with E-state index in [0.29, 0.717) is 16.1 Å². The Labute approximate surface area is 169 Å². The zero-order valence-corrected chi connectivity index (χ0v) is 16.7. The van der Waals surface area contributed by atoms with Crippen LogP contribution in [0.5, 0.6) is 0 Å². The smallest absolute Gasteiger partial charge is 0.281 e. The maximum atomic E-state index is 12.3. The molecule has 3 amide bonds. The van der Waals surface area contributed by atoms with Gasteiger partial charge in [-0.2, -0.15) is 11.3 Å². The van der Waals surface area contributed by atoms with E-state index in [1.165, 1.54) is 22.7 Å². The Bertz CT molecular complexity index is 968. The van der Waals surface area contributed by atoms with Crippen LogP contribution in [0.4, 0.5) is 0 Å². The summed E-state index contributed by atoms with van der Waals surface area (Å²) in [4.78, 5) is 40.8. The van der Waals surface area contributed by atoms with Crippen LogP contribution in [0, 0.1) is 6.92 Å². The predicted molar refractivity (Wildman–Crippen MR) is 109 cm³/mol. The summed E-state index contributed by atoms with van der Waals surface area (Å²) in [6.07, 6.45) is 0.0487. The first-order valence-electron chi connectivity index (χ1n) is 8.47. The molecule has 0 aliphatic heterocycles. The Morgan fingerprint density at radius 1 is 1.04 bits per heavy atom. The van der Waals surface area contributed by atoms with E-state index in [9.17, 15) is 14.4 Å². The topological polar surface area (TPSA) is 100 Å². The number of benzene rings is 1. The van der Waals surface area contributed by atoms with Crippen molar-refractivity contribution in [3.63, 3.8) is 0 Å². The number of rotatable bonds is 6. The maximum Gasteiger partial charge on any atom is 0.281 e. The molecule has 2 aromatic heterocycles. The van der Waals surface area contributed by atoms with E-state index in [2.05, 4.69) is 21.2 Å². The van der Waals surface area contributed by atoms with Crippen LogP contribution in [-0.2, 0) is 4.79 Å². The van der Waals surface area contributed by atoms with Crippen LogP contribution >= 0.6 is 22.7 Å². The minimum absolute atomic E-state index is 0.0487. The second-order valence-electron chi connectivity index (χ2n) is 5.82. The number of hydrazine groups is 1. The SMILES string of the molecule is Cc1nc(-c2ccccc2)sc1C(=O)NNC(=O)CCNC(=O)c1ccsc1. The number of thiazole rings is 1. The number of carbonyl (C=O) groups is 3. The van der Waals surface area contributed by atoms with E-state index >= 15 is 0 Å². The number of thiophene rings is 1. The highest BCUT2D eigenvalue weighted by atomic mass is 32.1. The molecular formula is C19H18N4O3S2. The molecule has 0 fully saturated rings. The third-order valence-electron chi connectivity index (χ3n) is 3.76. The molecule has 0 bridgehead atoms. The molecule has 0 atom stereocenters. The lowest BCUT2D eigenvalue weighted by Gasteiger charge is -2.07. The molecule has 3 N–H and O–H groups in total. The standard InChI is InChI=1S/C19H18N4O3S2/c1-12-16(28-19(21-12)13-5-3-2-4-6-13)18(26)23-22-15(24)7-9-20-17(25)14-8-10-27-11-14/h2-6,8,10-11H,7,9H2,1H3,(H,20,25)(H,22,24)(H,23,26). The molecular weight excluding hydrogens is 396 g/mol. The normalized spacial score (nSPS) is 10.3. The fraction of sp³-hybridized carbons (Fsp3) is 0.158. The molecule has 0 saturated carbocycles. The molecule has 3 rings (SSSR count). The van der Waals surface area contributed by atoms with Gasteiger partial charge in [-0.3, -0.25) is 25.2 Å². The van der Waals surface area contributed by atoms with Crippen LogP contribution in [-0.4, -0.2) is 29.3 Å². The molecule has 3 aromatic rings. The van der Waals surface area contributed by atoms with Gasteiger partial charge in [-0.25, -0.2) is 4.98 Å². The lowest BCUT2D eigenvalue weighted by atomic mass is 10.2. The first kappa shape index (κ1) is 19.7. The summed E-state index contributed by atoms with van der Waals surface area (Å²) >= 11 is 2.69. The molecule has 28 heavy (non-hydrogen) atoms. The third kappa shape index (κ3) is 5.02. The van der Waals surface area contributed by atoms with Gasteiger partial charge in [-0.1, -0.05) is 30.3 Å². The summed E-state index contributed by atoms with van der Waals surface area (Å²) < 4.78 is 0. The molecule has 7 nitrogen and oxygen atoms in total. The first-order valence-corrected chi connectivity index (χ1v) is 10.2. The lowest BCUT2D eigenvalue weighted by molar-refractivity contribution is -0.121. The zero-order valence-electron chi connectivity index (χ0n) is 15.0. The van der Waals surface area contributed by atoms with Gasteiger partial charge in [0.25, 0.3) is 11.8 Å². The van der Waals surface area contributed by atoms with Crippen molar-refractivity contribution in [3.05, 3.63) is 63.3 Å². The summed E-state index contributed by atoms with van der Waals surface area (Å²) in [6, 6.07) is 11.3. The second kappa shape index (κ2) is 9.25. The Morgan fingerprint density at radius 3 is 2.54 bits per heavy atom. The third-order valence-corrected chi connectivity index (χ3v) is 5.65. The Morgan fingerprint density at radius 2 is 1.82 bits per heavy atom. The number of amides is 3. The van der Waals surface area contributed by atoms with E-state index in [1.54, 1.807) is 18.4 Å². The predicted octanol–water partition coefficient (Wildman–Crippen LogP) is 2.76. The summed E-state index contributed by atoms with van der Waals surface area (Å²) in [5.74, 6) is -1.05. The van der Waals surface area contributed by atoms with Crippen LogP contribution in [0.2, 0.25) is 0 Å². The number of nitrogens with one attached hydrogen (secondary N) is 3. The Balaban J connectivity index is 1.47. The first-order chi connectivity index (χ1) is 13.5. The summed E-state index contributed by atoms with van der Waals surface area (Å²) in [7, 11) is 0. The van der Waals surface area contributed by atoms with E-state index in [0.717, 1.165) is 10.6 Å². The lowest BCUT2D eigenvalue weighted by Crippen LogP contribution is -2.42. The van der Waals surface area contributed by atoms with E-state index in [1.807, 2.05) is 35.7 Å². The second-order valence-corrected chi connectivity index (χ2v) is 7.60. The number of hydrogen-bond acceptors (Lipinski definition) is 6. The summed E-state index contributed by atoms with van der Waals surface area (Å²) in [5, 5.41) is 6.93. The molecule has 9 heteroatoms. The fourth-order valence-electron chi connectivity index (χ4n) is 2.34. The largest absolute Gasteiger partial charge is 0.351 e. The van der Waals surface area contributed by atoms with Crippen LogP contribution in [0.3, 0.4) is 0 Å². The van der Waals surface area contributed by atoms with Crippen molar-refractivity contribution < 1.29 is 14.4 Å². The highest BCUT2D eigenvalue weighted by Gasteiger charge is 2.16. The van der Waals surface area contributed by atoms with Crippen molar-refractivity contribution in [2.75, 3.05) is 6.54 Å². The summed E-state index contributed by atoms with van der Waals surface area (Å²) in [6.45, 7) is 1.92. The van der Waals surface area contributed by atoms with E-state index in [4.69, 9.17) is 0 Å². The van der Waals surface area contributed by atoms with E-state index in [-0.39, 0.29) is 18.9 Å². The van der Waals surface area contributed by atoms with Crippen LogP contribution in [0.15, 0.2) is 47.2 Å². The van der Waals surface area contributed by atoms with Gasteiger partial charge < -0.3 is 5.32 Å². The van der Waals surface area contributed by atoms with Crippen molar-refractivity contribution >= 4 is 40.4 Å². The quantitative estimate of drug-likeness (QED) is 0.540. The van der Waals surface area contributed by atoms with Gasteiger partial charge in [0.1, 0.15) is 9.88 Å². The monoisotopic (exact) mass is 414 g/mol. The molecule has 0 saturated heterocycles. The maximum absolute atomic E-state index is 12.3. The molecule has 0 aliphatic carbocycles. The van der Waals surface area contributed by atoms with Gasteiger partial charge in [-0.05, 0) is 18.4 Å². The summed E-state index contributed by atoms with van der Waals surface area (Å²) in [5.41, 5.74) is 6.84. The number of carbonyl (C=O) groups excluding carboxylic acids is 3. The molecule has 0 spiro atoms. The van der Waals surface area contributed by atoms with Gasteiger partial charge in [0.15, 0.2) is 0 Å². The Hall–Kier alpha value is -3.04. The minimum atomic E-state index is -0.423. The van der Waals surface area contributed by atoms with Crippen molar-refractivity contribution in [2.45, 2.75) is 13.3 Å². The van der Waals surface area contributed by atoms with Crippen molar-refractivity contribution in [3.8, 4) is 10.6 Å². The zero-order chi connectivity index (χ0) is 19.9.